The van der Waals surface area contributed by atoms with Gasteiger partial charge in [0.05, 0.1) is 0 Å². The minimum absolute atomic E-state index is 0.0931. The van der Waals surface area contributed by atoms with E-state index in [9.17, 15) is 9.59 Å². The van der Waals surface area contributed by atoms with Crippen LogP contribution in [-0.4, -0.2) is 53.8 Å². The topological polar surface area (TPSA) is 52.6 Å². The molecule has 4 nitrogen and oxygen atoms in total. The number of thiol groups is 2. The second-order valence-electron chi connectivity index (χ2n) is 1.89. The molecule has 0 aromatic heterocycles. The SMILES string of the molecule is O=C(CS)O[CH2][Sn][CH2]OC(=O)CS. The summed E-state index contributed by atoms with van der Waals surface area (Å²) in [5.74, 6) is -0.472. The van der Waals surface area contributed by atoms with Gasteiger partial charge in [0.1, 0.15) is 0 Å². The molecule has 0 amide bonds. The fourth-order valence-corrected chi connectivity index (χ4v) is 2.32. The predicted molar refractivity (Wildman–Crippen MR) is 55.4 cm³/mol. The van der Waals surface area contributed by atoms with Crippen LogP contribution in [0, 0.1) is 0 Å². The van der Waals surface area contributed by atoms with Gasteiger partial charge in [0, 0.05) is 0 Å². The molecule has 13 heavy (non-hydrogen) atoms. The molecule has 0 aromatic rings. The van der Waals surface area contributed by atoms with Crippen molar-refractivity contribution < 1.29 is 19.1 Å². The van der Waals surface area contributed by atoms with Crippen molar-refractivity contribution in [1.29, 1.82) is 0 Å². The van der Waals surface area contributed by atoms with Crippen molar-refractivity contribution in [1.82, 2.24) is 0 Å². The molecular weight excluding hydrogens is 319 g/mol. The second kappa shape index (κ2) is 9.01. The van der Waals surface area contributed by atoms with Crippen molar-refractivity contribution in [3.05, 3.63) is 0 Å². The van der Waals surface area contributed by atoms with Gasteiger partial charge in [-0.3, -0.25) is 0 Å². The summed E-state index contributed by atoms with van der Waals surface area (Å²) in [5, 5.41) is 0. The monoisotopic (exact) mass is 330 g/mol. The minimum atomic E-state index is -0.904. The van der Waals surface area contributed by atoms with E-state index in [-0.39, 0.29) is 23.4 Å². The third-order valence-electron chi connectivity index (χ3n) is 0.929. The van der Waals surface area contributed by atoms with Crippen molar-refractivity contribution in [2.45, 2.75) is 0 Å². The second-order valence-corrected chi connectivity index (χ2v) is 5.59. The van der Waals surface area contributed by atoms with Gasteiger partial charge in [-0.25, -0.2) is 0 Å². The van der Waals surface area contributed by atoms with Gasteiger partial charge in [-0.05, 0) is 0 Å². The summed E-state index contributed by atoms with van der Waals surface area (Å²) in [4.78, 5) is 21.1. The van der Waals surface area contributed by atoms with Crippen LogP contribution in [0.4, 0.5) is 0 Å². The first kappa shape index (κ1) is 13.4. The quantitative estimate of drug-likeness (QED) is 0.300. The number of rotatable bonds is 6. The van der Waals surface area contributed by atoms with Gasteiger partial charge in [-0.1, -0.05) is 0 Å². The Balaban J connectivity index is 3.17. The molecule has 2 radical (unpaired) electrons. The molecule has 0 aliphatic heterocycles. The van der Waals surface area contributed by atoms with Crippen LogP contribution < -0.4 is 0 Å². The molecule has 0 aliphatic rings. The van der Waals surface area contributed by atoms with Gasteiger partial charge >= 0.3 is 98.2 Å². The number of ether oxygens (including phenoxy) is 2. The molecule has 0 N–H and O–H groups in total. The molecule has 0 atom stereocenters. The average molecular weight is 329 g/mol. The number of carbonyl (C=O) groups excluding carboxylic acids is 2. The third-order valence-corrected chi connectivity index (χ3v) is 3.43. The number of carbonyl (C=O) groups is 2. The Morgan fingerprint density at radius 2 is 1.38 bits per heavy atom. The van der Waals surface area contributed by atoms with Crippen molar-refractivity contribution in [3.63, 3.8) is 0 Å². The van der Waals surface area contributed by atoms with Gasteiger partial charge in [0.2, 0.25) is 0 Å². The number of hydrogen-bond acceptors (Lipinski definition) is 6. The van der Waals surface area contributed by atoms with Crippen LogP contribution >= 0.6 is 25.3 Å². The van der Waals surface area contributed by atoms with Crippen LogP contribution in [0.1, 0.15) is 0 Å². The first-order valence-electron chi connectivity index (χ1n) is 3.44. The van der Waals surface area contributed by atoms with Crippen LogP contribution in [0.5, 0.6) is 0 Å². The Labute approximate surface area is 97.8 Å². The van der Waals surface area contributed by atoms with Gasteiger partial charge in [0.15, 0.2) is 0 Å². The van der Waals surface area contributed by atoms with E-state index in [0.29, 0.717) is 9.25 Å². The molecule has 0 unspecified atom stereocenters. The van der Waals surface area contributed by atoms with Crippen LogP contribution in [0.15, 0.2) is 0 Å². The average Bonchev–Trinajstić information content (AvgIpc) is 2.16. The molecule has 0 heterocycles. The normalized spacial score (nSPS) is 9.38. The Bertz CT molecular complexity index is 158. The Morgan fingerprint density at radius 3 is 1.69 bits per heavy atom. The van der Waals surface area contributed by atoms with Crippen molar-refractivity contribution in [2.24, 2.45) is 0 Å². The number of hydrogen-bond donors (Lipinski definition) is 2. The van der Waals surface area contributed by atoms with E-state index in [2.05, 4.69) is 25.3 Å². The van der Waals surface area contributed by atoms with E-state index in [0.717, 1.165) is 0 Å². The number of esters is 2. The zero-order valence-electron chi connectivity index (χ0n) is 6.86. The Hall–Kier alpha value is 0.439. The van der Waals surface area contributed by atoms with Crippen molar-refractivity contribution in [2.75, 3.05) is 20.8 Å². The summed E-state index contributed by atoms with van der Waals surface area (Å²) in [7, 11) is 0. The first-order chi connectivity index (χ1) is 6.20. The molecule has 0 saturated carbocycles. The van der Waals surface area contributed by atoms with Crippen LogP contribution in [0.3, 0.4) is 0 Å². The summed E-state index contributed by atoms with van der Waals surface area (Å²) in [5.41, 5.74) is 0. The van der Waals surface area contributed by atoms with E-state index in [4.69, 9.17) is 9.47 Å². The van der Waals surface area contributed by atoms with Crippen molar-refractivity contribution >= 4 is 58.3 Å². The van der Waals surface area contributed by atoms with Gasteiger partial charge in [-0.2, -0.15) is 0 Å². The molecule has 0 aromatic carbocycles. The van der Waals surface area contributed by atoms with E-state index in [1.165, 1.54) is 0 Å². The Morgan fingerprint density at radius 1 is 1.00 bits per heavy atom. The first-order valence-corrected chi connectivity index (χ1v) is 8.74. The van der Waals surface area contributed by atoms with E-state index in [1.54, 1.807) is 0 Å². The maximum atomic E-state index is 10.6. The fraction of sp³-hybridized carbons (Fsp3) is 0.667. The van der Waals surface area contributed by atoms with Crippen LogP contribution in [0.25, 0.3) is 0 Å². The van der Waals surface area contributed by atoms with E-state index < -0.39 is 21.1 Å². The Kier molecular flexibility index (Phi) is 9.32. The van der Waals surface area contributed by atoms with Gasteiger partial charge in [-0.15, -0.1) is 0 Å². The standard InChI is InChI=1S/2C3H5O2S.Sn/c2*1-5-3(4)2-6;/h2*6H,1-2H2;. The van der Waals surface area contributed by atoms with Crippen LogP contribution in [-0.2, 0) is 19.1 Å². The summed E-state index contributed by atoms with van der Waals surface area (Å²) in [6, 6.07) is 0. The molecule has 0 saturated heterocycles. The van der Waals surface area contributed by atoms with E-state index in [1.807, 2.05) is 0 Å². The van der Waals surface area contributed by atoms with Crippen LogP contribution in [0.2, 0.25) is 0 Å². The molecule has 0 spiro atoms. The summed E-state index contributed by atoms with van der Waals surface area (Å²) < 4.78 is 10.4. The van der Waals surface area contributed by atoms with E-state index >= 15 is 0 Å². The summed E-state index contributed by atoms with van der Waals surface area (Å²) in [6.45, 7) is 0. The maximum absolute atomic E-state index is 10.6. The summed E-state index contributed by atoms with van der Waals surface area (Å²) in [6.07, 6.45) is 0. The molecule has 0 rings (SSSR count). The molecule has 0 fully saturated rings. The predicted octanol–water partition coefficient (Wildman–Crippen LogP) is -0.448. The third kappa shape index (κ3) is 8.76. The zero-order valence-corrected chi connectivity index (χ0v) is 11.5. The zero-order chi connectivity index (χ0) is 10.1. The molecule has 7 heteroatoms. The van der Waals surface area contributed by atoms with Crippen molar-refractivity contribution in [3.8, 4) is 0 Å². The summed E-state index contributed by atoms with van der Waals surface area (Å²) >= 11 is 6.57. The van der Waals surface area contributed by atoms with Gasteiger partial charge in [0.25, 0.3) is 0 Å². The van der Waals surface area contributed by atoms with Gasteiger partial charge < -0.3 is 0 Å². The molecule has 0 aliphatic carbocycles. The molecular formula is C6H10O4S2Sn. The molecule has 74 valence electrons. The fourth-order valence-electron chi connectivity index (χ4n) is 0.396. The molecule has 0 bridgehead atoms.